The Morgan fingerprint density at radius 2 is 0.352 bits per heavy atom. The Morgan fingerprint density at radius 1 is 0.222 bits per heavy atom. The lowest BCUT2D eigenvalue weighted by molar-refractivity contribution is -0.462. The van der Waals surface area contributed by atoms with Gasteiger partial charge in [-0.05, 0) is 0 Å². The van der Waals surface area contributed by atoms with E-state index in [4.69, 9.17) is 0 Å². The van der Waals surface area contributed by atoms with Gasteiger partial charge in [-0.15, -0.1) is 0 Å². The molecule has 0 aromatic heterocycles. The molecule has 0 atom stereocenters. The van der Waals surface area contributed by atoms with Gasteiger partial charge in [-0.2, -0.15) is 149 Å². The Bertz CT molecular complexity index is 1230. The second-order valence-corrected chi connectivity index (χ2v) is 12.1. The van der Waals surface area contributed by atoms with Crippen molar-refractivity contribution in [3.05, 3.63) is 0 Å². The molecular weight excluding hydrogens is 1000 g/mol. The van der Waals surface area contributed by atoms with Crippen LogP contribution in [0.3, 0.4) is 0 Å². The highest BCUT2D eigenvalue weighted by atomic mass is 127. The molecule has 0 aliphatic rings. The zero-order valence-corrected chi connectivity index (χ0v) is 25.4. The molecule has 0 saturated carbocycles. The molecule has 0 spiro atoms. The summed E-state index contributed by atoms with van der Waals surface area (Å²) >= 11 is -0.609. The van der Waals surface area contributed by atoms with Crippen LogP contribution in [0.2, 0.25) is 0 Å². The van der Waals surface area contributed by atoms with E-state index in [0.717, 1.165) is 0 Å². The van der Waals surface area contributed by atoms with E-state index in [9.17, 15) is 149 Å². The van der Waals surface area contributed by atoms with Crippen LogP contribution in [0.5, 0.6) is 0 Å². The molecule has 0 aliphatic carbocycles. The van der Waals surface area contributed by atoms with Gasteiger partial charge in [0.15, 0.2) is 0 Å². The lowest BCUT2D eigenvalue weighted by Gasteiger charge is -2.43. The molecule has 0 radical (unpaired) electrons. The zero-order chi connectivity index (χ0) is 45.0. The van der Waals surface area contributed by atoms with E-state index in [1.807, 2.05) is 0 Å². The molecular formula is C19H5F34I. The van der Waals surface area contributed by atoms with E-state index < -0.39 is 135 Å². The molecule has 54 heavy (non-hydrogen) atoms. The minimum absolute atomic E-state index is 0.609. The van der Waals surface area contributed by atoms with Gasteiger partial charge in [0.2, 0.25) is 0 Å². The maximum absolute atomic E-state index is 14.0. The highest BCUT2D eigenvalue weighted by Gasteiger charge is 2.97. The molecule has 0 aromatic carbocycles. The van der Waals surface area contributed by atoms with E-state index in [1.54, 1.807) is 0 Å². The second-order valence-electron chi connectivity index (χ2n) is 10.3. The molecule has 0 aromatic rings. The molecule has 0 rings (SSSR count). The van der Waals surface area contributed by atoms with Crippen molar-refractivity contribution in [1.82, 2.24) is 0 Å². The van der Waals surface area contributed by atoms with Crippen LogP contribution in [0, 0.1) is 0 Å². The molecule has 35 heteroatoms. The standard InChI is InChI=1S/C19H5F34I/c20-4(21,6(24,25)8(28,29)10(32,33)12(36,37)14(40,41)16(44,45)18(48,49)50)1-3(54)2-5(22,23)7(26,27)9(30,31)11(34,35)13(38,39)15(42,43)17(46,47)19(51,52)53/h3H,1-2H2. The van der Waals surface area contributed by atoms with Crippen LogP contribution < -0.4 is 0 Å². The van der Waals surface area contributed by atoms with Crippen molar-refractivity contribution >= 4 is 22.6 Å². The quantitative estimate of drug-likeness (QED) is 0.0821. The first-order valence-electron chi connectivity index (χ1n) is 11.7. The summed E-state index contributed by atoms with van der Waals surface area (Å²) in [5.74, 6) is -124. The maximum Gasteiger partial charge on any atom is 0.460 e. The van der Waals surface area contributed by atoms with Gasteiger partial charge in [0.05, 0.1) is 0 Å². The van der Waals surface area contributed by atoms with Crippen LogP contribution in [0.1, 0.15) is 12.8 Å². The summed E-state index contributed by atoms with van der Waals surface area (Å²) in [7, 11) is 0. The van der Waals surface area contributed by atoms with Crippen LogP contribution in [0.15, 0.2) is 0 Å². The summed E-state index contributed by atoms with van der Waals surface area (Å²) in [5.41, 5.74) is 0. The fourth-order valence-electron chi connectivity index (χ4n) is 3.28. The highest BCUT2D eigenvalue weighted by molar-refractivity contribution is 14.1. The van der Waals surface area contributed by atoms with Gasteiger partial charge in [-0.25, -0.2) is 0 Å². The Balaban J connectivity index is 6.97. The molecule has 0 N–H and O–H groups in total. The van der Waals surface area contributed by atoms with Crippen molar-refractivity contribution in [2.24, 2.45) is 0 Å². The van der Waals surface area contributed by atoms with Gasteiger partial charge in [0, 0.05) is 16.8 Å². The van der Waals surface area contributed by atoms with Gasteiger partial charge in [0.1, 0.15) is 0 Å². The van der Waals surface area contributed by atoms with Crippen molar-refractivity contribution in [3.63, 3.8) is 0 Å². The average Bonchev–Trinajstić information content (AvgIpc) is 2.89. The third-order valence-corrected chi connectivity index (χ3v) is 7.41. The molecule has 0 fully saturated rings. The number of alkyl halides is 35. The van der Waals surface area contributed by atoms with Crippen LogP contribution >= 0.6 is 22.6 Å². The predicted molar refractivity (Wildman–Crippen MR) is 108 cm³/mol. The SMILES string of the molecule is FC(F)(F)C(F)(F)C(F)(F)C(F)(F)C(F)(F)C(F)(F)C(F)(F)C(F)(F)CC(I)CC(F)(F)C(F)(F)C(F)(F)C(F)(F)C(F)(F)C(F)(F)C(F)(F)C(F)(F)F. The van der Waals surface area contributed by atoms with Crippen LogP contribution in [0.25, 0.3) is 0 Å². The first-order chi connectivity index (χ1) is 22.6. The van der Waals surface area contributed by atoms with Crippen molar-refractivity contribution < 1.29 is 149 Å². The van der Waals surface area contributed by atoms with Gasteiger partial charge in [-0.3, -0.25) is 0 Å². The summed E-state index contributed by atoms with van der Waals surface area (Å²) in [5, 5.41) is 0. The van der Waals surface area contributed by atoms with Gasteiger partial charge in [-0.1, -0.05) is 22.6 Å². The Hall–Kier alpha value is -1.65. The molecule has 0 aliphatic heterocycles. The van der Waals surface area contributed by atoms with Crippen molar-refractivity contribution in [1.29, 1.82) is 0 Å². The maximum atomic E-state index is 14.0. The van der Waals surface area contributed by atoms with Crippen LogP contribution in [0.4, 0.5) is 149 Å². The third kappa shape index (κ3) is 6.79. The largest absolute Gasteiger partial charge is 0.460 e. The highest BCUT2D eigenvalue weighted by Crippen LogP contribution is 2.67. The molecule has 0 saturated heterocycles. The van der Waals surface area contributed by atoms with Crippen molar-refractivity contribution in [2.45, 2.75) is 112 Å². The summed E-state index contributed by atoms with van der Waals surface area (Å²) in [6.07, 6.45) is -24.7. The summed E-state index contributed by atoms with van der Waals surface area (Å²) in [6, 6.07) is 0. The summed E-state index contributed by atoms with van der Waals surface area (Å²) in [6.45, 7) is 0. The minimum Gasteiger partial charge on any atom is -0.200 e. The van der Waals surface area contributed by atoms with Crippen molar-refractivity contribution in [3.8, 4) is 0 Å². The smallest absolute Gasteiger partial charge is 0.200 e. The van der Waals surface area contributed by atoms with Gasteiger partial charge in [0.25, 0.3) is 0 Å². The number of hydrogen-bond acceptors (Lipinski definition) is 0. The normalized spacial score (nSPS) is 17.1. The molecule has 0 bridgehead atoms. The number of halogens is 35. The zero-order valence-electron chi connectivity index (χ0n) is 23.2. The lowest BCUT2D eigenvalue weighted by Crippen LogP contribution is -2.74. The Labute approximate surface area is 284 Å². The summed E-state index contributed by atoms with van der Waals surface area (Å²) < 4.78 is 447. The van der Waals surface area contributed by atoms with Crippen LogP contribution in [-0.2, 0) is 0 Å². The van der Waals surface area contributed by atoms with E-state index in [0.29, 0.717) is 0 Å². The predicted octanol–water partition coefficient (Wildman–Crippen LogP) is 12.6. The molecule has 0 heterocycles. The number of hydrogen-bond donors (Lipinski definition) is 0. The average molecular weight is 1010 g/mol. The molecule has 0 nitrogen and oxygen atoms in total. The van der Waals surface area contributed by atoms with E-state index in [1.165, 1.54) is 0 Å². The lowest BCUT2D eigenvalue weighted by atomic mass is 9.86. The first-order valence-corrected chi connectivity index (χ1v) is 12.9. The second kappa shape index (κ2) is 13.2. The van der Waals surface area contributed by atoms with E-state index in [2.05, 4.69) is 0 Å². The molecule has 0 amide bonds. The van der Waals surface area contributed by atoms with Crippen molar-refractivity contribution in [2.75, 3.05) is 0 Å². The van der Waals surface area contributed by atoms with Gasteiger partial charge < -0.3 is 0 Å². The monoisotopic (exact) mass is 1010 g/mol. The number of rotatable bonds is 16. The van der Waals surface area contributed by atoms with Gasteiger partial charge >= 0.3 is 95.3 Å². The molecule has 326 valence electrons. The Morgan fingerprint density at radius 3 is 0.500 bits per heavy atom. The fraction of sp³-hybridized carbons (Fsp3) is 1.00. The topological polar surface area (TPSA) is 0 Å². The Kier molecular flexibility index (Phi) is 12.8. The minimum atomic E-state index is -9.29. The fourth-order valence-corrected chi connectivity index (χ4v) is 4.38. The van der Waals surface area contributed by atoms with E-state index >= 15 is 0 Å². The molecule has 0 unspecified atom stereocenters. The first kappa shape index (κ1) is 52.3. The van der Waals surface area contributed by atoms with E-state index in [-0.39, 0.29) is 0 Å². The third-order valence-electron chi connectivity index (χ3n) is 6.53. The summed E-state index contributed by atoms with van der Waals surface area (Å²) in [4.78, 5) is 0. The van der Waals surface area contributed by atoms with Crippen LogP contribution in [-0.4, -0.2) is 99.2 Å².